The highest BCUT2D eigenvalue weighted by atomic mass is 16.9. The number of carbonyl (C=O) groups is 2. The number of carbonyl (C=O) groups excluding carboxylic acids is 2. The van der Waals surface area contributed by atoms with Crippen LogP contribution in [0.25, 0.3) is 0 Å². The van der Waals surface area contributed by atoms with Gasteiger partial charge in [0.05, 0.1) is 16.8 Å². The normalized spacial score (nSPS) is 13.2. The SMILES string of the molecule is O=C1c2ccccc2C(=O)N1c1cccc(CO[N+](=O)[O-])c1. The van der Waals surface area contributed by atoms with E-state index in [1.807, 2.05) is 0 Å². The summed E-state index contributed by atoms with van der Waals surface area (Å²) >= 11 is 0. The Morgan fingerprint density at radius 1 is 1.00 bits per heavy atom. The molecule has 0 spiro atoms. The van der Waals surface area contributed by atoms with Crippen molar-refractivity contribution in [2.24, 2.45) is 0 Å². The number of benzene rings is 2. The molecule has 22 heavy (non-hydrogen) atoms. The van der Waals surface area contributed by atoms with Gasteiger partial charge in [0.25, 0.3) is 16.9 Å². The van der Waals surface area contributed by atoms with Crippen LogP contribution < -0.4 is 4.90 Å². The van der Waals surface area contributed by atoms with E-state index in [2.05, 4.69) is 4.84 Å². The number of anilines is 1. The molecule has 0 unspecified atom stereocenters. The molecule has 7 nitrogen and oxygen atoms in total. The fourth-order valence-electron chi connectivity index (χ4n) is 2.34. The lowest BCUT2D eigenvalue weighted by molar-refractivity contribution is -0.763. The summed E-state index contributed by atoms with van der Waals surface area (Å²) in [6.45, 7) is -0.246. The van der Waals surface area contributed by atoms with Crippen LogP contribution in [0.2, 0.25) is 0 Å². The first-order valence-electron chi connectivity index (χ1n) is 6.42. The van der Waals surface area contributed by atoms with E-state index in [4.69, 9.17) is 0 Å². The first-order chi connectivity index (χ1) is 10.6. The predicted molar refractivity (Wildman–Crippen MR) is 75.8 cm³/mol. The summed E-state index contributed by atoms with van der Waals surface area (Å²) in [5.74, 6) is -0.819. The van der Waals surface area contributed by atoms with E-state index in [1.165, 1.54) is 6.07 Å². The Hall–Kier alpha value is -3.22. The van der Waals surface area contributed by atoms with Crippen molar-refractivity contribution in [2.45, 2.75) is 6.61 Å². The molecule has 2 aromatic carbocycles. The van der Waals surface area contributed by atoms with Gasteiger partial charge in [-0.2, -0.15) is 0 Å². The quantitative estimate of drug-likeness (QED) is 0.490. The molecule has 0 saturated carbocycles. The van der Waals surface area contributed by atoms with E-state index >= 15 is 0 Å². The van der Waals surface area contributed by atoms with Crippen LogP contribution in [0.4, 0.5) is 5.69 Å². The minimum absolute atomic E-state index is 0.246. The Bertz CT molecular complexity index is 752. The number of nitrogens with zero attached hydrogens (tertiary/aromatic N) is 2. The monoisotopic (exact) mass is 298 g/mol. The molecule has 1 aliphatic rings. The summed E-state index contributed by atoms with van der Waals surface area (Å²) < 4.78 is 0. The van der Waals surface area contributed by atoms with Gasteiger partial charge in [0.2, 0.25) is 0 Å². The van der Waals surface area contributed by atoms with E-state index in [0.717, 1.165) is 4.90 Å². The highest BCUT2D eigenvalue weighted by Crippen LogP contribution is 2.28. The van der Waals surface area contributed by atoms with Gasteiger partial charge in [-0.05, 0) is 29.8 Å². The lowest BCUT2D eigenvalue weighted by Crippen LogP contribution is -2.29. The molecule has 0 aromatic heterocycles. The van der Waals surface area contributed by atoms with Gasteiger partial charge in [0.1, 0.15) is 6.61 Å². The second-order valence-corrected chi connectivity index (χ2v) is 4.66. The Morgan fingerprint density at radius 3 is 2.23 bits per heavy atom. The molecule has 1 heterocycles. The molecular weight excluding hydrogens is 288 g/mol. The lowest BCUT2D eigenvalue weighted by atomic mass is 10.1. The third kappa shape index (κ3) is 2.28. The third-order valence-corrected chi connectivity index (χ3v) is 3.30. The molecule has 0 bridgehead atoms. The zero-order chi connectivity index (χ0) is 15.7. The fourth-order valence-corrected chi connectivity index (χ4v) is 2.34. The van der Waals surface area contributed by atoms with Gasteiger partial charge in [-0.25, -0.2) is 4.90 Å². The molecule has 0 fully saturated rings. The van der Waals surface area contributed by atoms with Crippen LogP contribution in [0.5, 0.6) is 0 Å². The zero-order valence-electron chi connectivity index (χ0n) is 11.3. The van der Waals surface area contributed by atoms with Crippen LogP contribution >= 0.6 is 0 Å². The average molecular weight is 298 g/mol. The van der Waals surface area contributed by atoms with Gasteiger partial charge in [-0.1, -0.05) is 24.3 Å². The Morgan fingerprint density at radius 2 is 1.64 bits per heavy atom. The van der Waals surface area contributed by atoms with Crippen molar-refractivity contribution < 1.29 is 19.5 Å². The summed E-state index contributed by atoms with van der Waals surface area (Å²) in [4.78, 5) is 40.3. The molecule has 1 aliphatic heterocycles. The van der Waals surface area contributed by atoms with Gasteiger partial charge in [0, 0.05) is 0 Å². The van der Waals surface area contributed by atoms with Crippen LogP contribution in [0, 0.1) is 10.1 Å². The first-order valence-corrected chi connectivity index (χ1v) is 6.42. The molecule has 110 valence electrons. The Balaban J connectivity index is 1.92. The van der Waals surface area contributed by atoms with Crippen molar-refractivity contribution in [3.63, 3.8) is 0 Å². The summed E-state index contributed by atoms with van der Waals surface area (Å²) in [5, 5.41) is 9.34. The maximum atomic E-state index is 12.4. The van der Waals surface area contributed by atoms with Crippen molar-refractivity contribution in [3.8, 4) is 0 Å². The van der Waals surface area contributed by atoms with Crippen LogP contribution in [0.1, 0.15) is 26.3 Å². The molecule has 0 atom stereocenters. The largest absolute Gasteiger partial charge is 0.309 e. The average Bonchev–Trinajstić information content (AvgIpc) is 2.78. The molecule has 2 amide bonds. The molecule has 3 rings (SSSR count). The topological polar surface area (TPSA) is 89.8 Å². The van der Waals surface area contributed by atoms with E-state index < -0.39 is 16.9 Å². The Kier molecular flexibility index (Phi) is 3.30. The number of fused-ring (bicyclic) bond motifs is 1. The van der Waals surface area contributed by atoms with Gasteiger partial charge in [-0.3, -0.25) is 9.59 Å². The van der Waals surface area contributed by atoms with E-state index in [1.54, 1.807) is 42.5 Å². The summed E-state index contributed by atoms with van der Waals surface area (Å²) in [5.41, 5.74) is 1.54. The molecule has 2 aromatic rings. The Labute approximate surface area is 124 Å². The smallest absolute Gasteiger partial charge is 0.294 e. The maximum absolute atomic E-state index is 12.4. The molecule has 0 N–H and O–H groups in total. The fraction of sp³-hybridized carbons (Fsp3) is 0.0667. The van der Waals surface area contributed by atoms with Crippen LogP contribution in [-0.4, -0.2) is 16.9 Å². The first kappa shape index (κ1) is 13.7. The van der Waals surface area contributed by atoms with Crippen molar-refractivity contribution in [2.75, 3.05) is 4.90 Å². The molecular formula is C15H10N2O5. The van der Waals surface area contributed by atoms with Crippen molar-refractivity contribution >= 4 is 17.5 Å². The van der Waals surface area contributed by atoms with Crippen LogP contribution in [0.3, 0.4) is 0 Å². The number of rotatable bonds is 4. The molecule has 0 saturated heterocycles. The highest BCUT2D eigenvalue weighted by Gasteiger charge is 2.36. The highest BCUT2D eigenvalue weighted by molar-refractivity contribution is 6.34. The molecule has 0 aliphatic carbocycles. The zero-order valence-corrected chi connectivity index (χ0v) is 11.3. The number of imide groups is 1. The molecule has 7 heteroatoms. The van der Waals surface area contributed by atoms with Gasteiger partial charge in [0.15, 0.2) is 0 Å². The second-order valence-electron chi connectivity index (χ2n) is 4.66. The van der Waals surface area contributed by atoms with Crippen molar-refractivity contribution in [1.82, 2.24) is 0 Å². The number of hydrogen-bond donors (Lipinski definition) is 0. The standard InChI is InChI=1S/C15H10N2O5/c18-14-12-6-1-2-7-13(12)15(19)16(14)11-5-3-4-10(8-11)9-22-17(20)21/h1-8H,9H2. The van der Waals surface area contributed by atoms with E-state index in [-0.39, 0.29) is 6.61 Å². The van der Waals surface area contributed by atoms with Crippen molar-refractivity contribution in [1.29, 1.82) is 0 Å². The van der Waals surface area contributed by atoms with Crippen LogP contribution in [0.15, 0.2) is 48.5 Å². The maximum Gasteiger partial charge on any atom is 0.294 e. The third-order valence-electron chi connectivity index (χ3n) is 3.30. The van der Waals surface area contributed by atoms with Crippen LogP contribution in [-0.2, 0) is 11.4 Å². The number of hydrogen-bond acceptors (Lipinski definition) is 5. The minimum atomic E-state index is -0.894. The second kappa shape index (κ2) is 5.28. The van der Waals surface area contributed by atoms with E-state index in [9.17, 15) is 19.7 Å². The van der Waals surface area contributed by atoms with Gasteiger partial charge < -0.3 is 4.84 Å². The van der Waals surface area contributed by atoms with Gasteiger partial charge >= 0.3 is 0 Å². The number of amides is 2. The predicted octanol–water partition coefficient (Wildman–Crippen LogP) is 2.20. The van der Waals surface area contributed by atoms with Crippen molar-refractivity contribution in [3.05, 3.63) is 75.3 Å². The lowest BCUT2D eigenvalue weighted by Gasteiger charge is -2.14. The minimum Gasteiger partial charge on any atom is -0.309 e. The summed E-state index contributed by atoms with van der Waals surface area (Å²) in [6.07, 6.45) is 0. The molecule has 0 radical (unpaired) electrons. The van der Waals surface area contributed by atoms with E-state index in [0.29, 0.717) is 22.4 Å². The van der Waals surface area contributed by atoms with Gasteiger partial charge in [-0.15, -0.1) is 10.1 Å². The summed E-state index contributed by atoms with van der Waals surface area (Å²) in [6, 6.07) is 12.9. The summed E-state index contributed by atoms with van der Waals surface area (Å²) in [7, 11) is 0.